The highest BCUT2D eigenvalue weighted by Crippen LogP contribution is 2.29. The molecule has 2 aliphatic heterocycles. The Morgan fingerprint density at radius 1 is 1.29 bits per heavy atom. The first-order valence-corrected chi connectivity index (χ1v) is 6.16. The lowest BCUT2D eigenvalue weighted by atomic mass is 10.2. The lowest BCUT2D eigenvalue weighted by Gasteiger charge is -2.29. The van der Waals surface area contributed by atoms with Crippen LogP contribution < -0.4 is 10.2 Å². The van der Waals surface area contributed by atoms with Crippen LogP contribution in [0.25, 0.3) is 0 Å². The van der Waals surface area contributed by atoms with Crippen LogP contribution in [0.15, 0.2) is 24.3 Å². The van der Waals surface area contributed by atoms with Gasteiger partial charge in [-0.1, -0.05) is 0 Å². The molecule has 3 heteroatoms. The first-order chi connectivity index (χ1) is 6.83. The van der Waals surface area contributed by atoms with Crippen molar-refractivity contribution in [2.75, 3.05) is 18.0 Å². The second kappa shape index (κ2) is 3.38. The quantitative estimate of drug-likeness (QED) is 0.796. The summed E-state index contributed by atoms with van der Waals surface area (Å²) in [5, 5.41) is 3.52. The first kappa shape index (κ1) is 8.97. The Morgan fingerprint density at radius 2 is 2.07 bits per heavy atom. The molecule has 2 bridgehead atoms. The van der Waals surface area contributed by atoms with Crippen molar-refractivity contribution in [3.8, 4) is 0 Å². The van der Waals surface area contributed by atoms with E-state index in [0.717, 1.165) is 18.6 Å². The number of fused-ring (bicyclic) bond motifs is 2. The van der Waals surface area contributed by atoms with E-state index in [1.165, 1.54) is 22.2 Å². The fraction of sp³-hybridized carbons (Fsp3) is 0.455. The van der Waals surface area contributed by atoms with Crippen LogP contribution in [0.1, 0.15) is 6.42 Å². The van der Waals surface area contributed by atoms with Crippen LogP contribution in [0.3, 0.4) is 0 Å². The van der Waals surface area contributed by atoms with E-state index in [9.17, 15) is 0 Å². The average Bonchev–Trinajstić information content (AvgIpc) is 2.80. The van der Waals surface area contributed by atoms with Crippen molar-refractivity contribution in [2.24, 2.45) is 0 Å². The summed E-state index contributed by atoms with van der Waals surface area (Å²) < 4.78 is 1.31. The van der Waals surface area contributed by atoms with Gasteiger partial charge in [0.05, 0.1) is 0 Å². The Kier molecular flexibility index (Phi) is 2.17. The summed E-state index contributed by atoms with van der Waals surface area (Å²) in [6.45, 7) is 2.35. The molecule has 2 nitrogen and oxygen atoms in total. The maximum atomic E-state index is 3.52. The molecule has 0 saturated carbocycles. The Bertz CT molecular complexity index is 336. The molecular formula is C11H13IN2. The topological polar surface area (TPSA) is 15.3 Å². The summed E-state index contributed by atoms with van der Waals surface area (Å²) in [6.07, 6.45) is 1.33. The van der Waals surface area contributed by atoms with E-state index in [0.29, 0.717) is 0 Å². The van der Waals surface area contributed by atoms with Crippen molar-refractivity contribution < 1.29 is 0 Å². The van der Waals surface area contributed by atoms with E-state index in [1.54, 1.807) is 0 Å². The molecule has 2 saturated heterocycles. The summed E-state index contributed by atoms with van der Waals surface area (Å²) in [4.78, 5) is 2.54. The van der Waals surface area contributed by atoms with Crippen LogP contribution in [0.4, 0.5) is 5.69 Å². The van der Waals surface area contributed by atoms with Gasteiger partial charge in [0, 0.05) is 34.4 Å². The van der Waals surface area contributed by atoms with Crippen LogP contribution in [0, 0.1) is 3.57 Å². The molecule has 2 heterocycles. The van der Waals surface area contributed by atoms with E-state index >= 15 is 0 Å². The number of rotatable bonds is 1. The van der Waals surface area contributed by atoms with Gasteiger partial charge in [-0.15, -0.1) is 0 Å². The molecule has 0 aliphatic carbocycles. The first-order valence-electron chi connectivity index (χ1n) is 5.08. The molecule has 14 heavy (non-hydrogen) atoms. The predicted octanol–water partition coefficient (Wildman–Crippen LogP) is 1.84. The SMILES string of the molecule is Ic1ccc(N2CC3CC2CN3)cc1. The smallest absolute Gasteiger partial charge is 0.0430 e. The molecule has 2 unspecified atom stereocenters. The van der Waals surface area contributed by atoms with Gasteiger partial charge in [-0.3, -0.25) is 0 Å². The van der Waals surface area contributed by atoms with Gasteiger partial charge in [-0.2, -0.15) is 0 Å². The number of nitrogens with one attached hydrogen (secondary N) is 1. The number of halogens is 1. The van der Waals surface area contributed by atoms with Crippen molar-refractivity contribution in [1.29, 1.82) is 0 Å². The van der Waals surface area contributed by atoms with E-state index in [1.807, 2.05) is 0 Å². The third-order valence-corrected chi connectivity index (χ3v) is 3.93. The van der Waals surface area contributed by atoms with Gasteiger partial charge in [0.25, 0.3) is 0 Å². The summed E-state index contributed by atoms with van der Waals surface area (Å²) in [5.41, 5.74) is 1.39. The molecule has 2 aliphatic rings. The number of anilines is 1. The van der Waals surface area contributed by atoms with Gasteiger partial charge < -0.3 is 10.2 Å². The van der Waals surface area contributed by atoms with Crippen molar-refractivity contribution in [2.45, 2.75) is 18.5 Å². The zero-order valence-corrected chi connectivity index (χ0v) is 10.1. The minimum Gasteiger partial charge on any atom is -0.366 e. The molecule has 0 radical (unpaired) electrons. The van der Waals surface area contributed by atoms with Crippen molar-refractivity contribution in [1.82, 2.24) is 5.32 Å². The van der Waals surface area contributed by atoms with Gasteiger partial charge in [0.1, 0.15) is 0 Å². The Morgan fingerprint density at radius 3 is 2.64 bits per heavy atom. The normalized spacial score (nSPS) is 29.9. The summed E-state index contributed by atoms with van der Waals surface area (Å²) in [7, 11) is 0. The van der Waals surface area contributed by atoms with Gasteiger partial charge in [0.15, 0.2) is 0 Å². The van der Waals surface area contributed by atoms with E-state index < -0.39 is 0 Å². The van der Waals surface area contributed by atoms with Crippen LogP contribution in [0.2, 0.25) is 0 Å². The van der Waals surface area contributed by atoms with Crippen LogP contribution in [-0.2, 0) is 0 Å². The van der Waals surface area contributed by atoms with E-state index in [2.05, 4.69) is 57.1 Å². The molecule has 2 atom stereocenters. The maximum Gasteiger partial charge on any atom is 0.0430 e. The molecule has 2 fully saturated rings. The standard InChI is InChI=1S/C11H13IN2/c12-8-1-3-10(4-2-8)14-7-9-5-11(14)6-13-9/h1-4,9,11,13H,5-7H2. The lowest BCUT2D eigenvalue weighted by molar-refractivity contribution is 0.580. The summed E-state index contributed by atoms with van der Waals surface area (Å²) in [5.74, 6) is 0. The number of benzene rings is 1. The molecule has 1 N–H and O–H groups in total. The monoisotopic (exact) mass is 300 g/mol. The van der Waals surface area contributed by atoms with Gasteiger partial charge in [-0.05, 0) is 53.3 Å². The number of piperazine rings is 1. The zero-order chi connectivity index (χ0) is 9.54. The van der Waals surface area contributed by atoms with Crippen LogP contribution in [0.5, 0.6) is 0 Å². The van der Waals surface area contributed by atoms with Crippen molar-refractivity contribution in [3.05, 3.63) is 27.8 Å². The molecule has 0 aromatic heterocycles. The third kappa shape index (κ3) is 1.42. The highest BCUT2D eigenvalue weighted by atomic mass is 127. The van der Waals surface area contributed by atoms with E-state index in [4.69, 9.17) is 0 Å². The fourth-order valence-electron chi connectivity index (χ4n) is 2.51. The summed E-state index contributed by atoms with van der Waals surface area (Å²) >= 11 is 2.35. The molecule has 0 spiro atoms. The second-order valence-electron chi connectivity index (χ2n) is 4.12. The molecule has 1 aromatic rings. The van der Waals surface area contributed by atoms with Crippen molar-refractivity contribution in [3.63, 3.8) is 0 Å². The third-order valence-electron chi connectivity index (χ3n) is 3.21. The molecule has 0 amide bonds. The van der Waals surface area contributed by atoms with Gasteiger partial charge in [0.2, 0.25) is 0 Å². The molecular weight excluding hydrogens is 287 g/mol. The number of hydrogen-bond acceptors (Lipinski definition) is 2. The van der Waals surface area contributed by atoms with Crippen molar-refractivity contribution >= 4 is 28.3 Å². The van der Waals surface area contributed by atoms with Crippen LogP contribution >= 0.6 is 22.6 Å². The predicted molar refractivity (Wildman–Crippen MR) is 66.7 cm³/mol. The Labute approximate surface area is 97.8 Å². The maximum absolute atomic E-state index is 3.52. The minimum atomic E-state index is 0.735. The zero-order valence-electron chi connectivity index (χ0n) is 7.91. The largest absolute Gasteiger partial charge is 0.366 e. The molecule has 74 valence electrons. The van der Waals surface area contributed by atoms with Gasteiger partial charge >= 0.3 is 0 Å². The summed E-state index contributed by atoms with van der Waals surface area (Å²) in [6, 6.07) is 10.3. The van der Waals surface area contributed by atoms with Gasteiger partial charge in [-0.25, -0.2) is 0 Å². The van der Waals surface area contributed by atoms with E-state index in [-0.39, 0.29) is 0 Å². The lowest BCUT2D eigenvalue weighted by Crippen LogP contribution is -2.43. The average molecular weight is 300 g/mol. The molecule has 3 rings (SSSR count). The Balaban J connectivity index is 1.86. The fourth-order valence-corrected chi connectivity index (χ4v) is 2.87. The highest BCUT2D eigenvalue weighted by molar-refractivity contribution is 14.1. The second-order valence-corrected chi connectivity index (χ2v) is 5.37. The Hall–Kier alpha value is -0.290. The number of nitrogens with zero attached hydrogens (tertiary/aromatic N) is 1. The highest BCUT2D eigenvalue weighted by Gasteiger charge is 2.37. The number of hydrogen-bond donors (Lipinski definition) is 1. The van der Waals surface area contributed by atoms with Crippen LogP contribution in [-0.4, -0.2) is 25.2 Å². The minimum absolute atomic E-state index is 0.735. The molecule has 1 aromatic carbocycles.